The third-order valence-electron chi connectivity index (χ3n) is 4.42. The molecule has 1 fully saturated rings. The van der Waals surface area contributed by atoms with Gasteiger partial charge in [-0.3, -0.25) is 4.79 Å². The minimum Gasteiger partial charge on any atom is -0.448 e. The average molecular weight is 356 g/mol. The number of nitrogens with zero attached hydrogens (tertiary/aromatic N) is 1. The topological polar surface area (TPSA) is 58.6 Å². The van der Waals surface area contributed by atoms with Gasteiger partial charge in [-0.05, 0) is 17.2 Å². The Bertz CT molecular complexity index is 767. The lowest BCUT2D eigenvalue weighted by molar-refractivity contribution is -0.121. The average Bonchev–Trinajstić information content (AvgIpc) is 3.06. The molecule has 1 unspecified atom stereocenters. The van der Waals surface area contributed by atoms with E-state index in [1.54, 1.807) is 23.1 Å². The first-order valence-electron chi connectivity index (χ1n) is 8.63. The first-order chi connectivity index (χ1) is 12.6. The minimum absolute atomic E-state index is 0.134. The van der Waals surface area contributed by atoms with Gasteiger partial charge < -0.3 is 15.0 Å². The number of rotatable bonds is 7. The second-order valence-electron chi connectivity index (χ2n) is 6.14. The molecule has 5 nitrogen and oxygen atoms in total. The van der Waals surface area contributed by atoms with Crippen LogP contribution in [0.25, 0.3) is 0 Å². The van der Waals surface area contributed by atoms with Crippen LogP contribution in [0.2, 0.25) is 0 Å². The number of ether oxygens (including phenoxy) is 1. The summed E-state index contributed by atoms with van der Waals surface area (Å²) in [6, 6.07) is 15.9. The van der Waals surface area contributed by atoms with Gasteiger partial charge in [-0.1, -0.05) is 48.5 Å². The van der Waals surface area contributed by atoms with E-state index in [0.29, 0.717) is 31.8 Å². The fraction of sp³-hybridized carbons (Fsp3) is 0.300. The Balaban J connectivity index is 1.65. The maximum Gasteiger partial charge on any atom is 0.409 e. The predicted octanol–water partition coefficient (Wildman–Crippen LogP) is 2.92. The third-order valence-corrected chi connectivity index (χ3v) is 4.42. The van der Waals surface area contributed by atoms with E-state index in [-0.39, 0.29) is 30.2 Å². The monoisotopic (exact) mass is 356 g/mol. The SMILES string of the molecule is O=C(CC(c1ccccc1)c1ccccc1F)NCCN1CCOC1=O. The second-order valence-corrected chi connectivity index (χ2v) is 6.14. The van der Waals surface area contributed by atoms with E-state index in [2.05, 4.69) is 5.32 Å². The van der Waals surface area contributed by atoms with Gasteiger partial charge in [0.15, 0.2) is 0 Å². The highest BCUT2D eigenvalue weighted by Crippen LogP contribution is 2.29. The van der Waals surface area contributed by atoms with Crippen molar-refractivity contribution in [3.8, 4) is 0 Å². The Morgan fingerprint density at radius 3 is 2.58 bits per heavy atom. The summed E-state index contributed by atoms with van der Waals surface area (Å²) in [4.78, 5) is 25.3. The second kappa shape index (κ2) is 8.47. The highest BCUT2D eigenvalue weighted by atomic mass is 19.1. The summed E-state index contributed by atoms with van der Waals surface area (Å²) in [6.45, 7) is 1.67. The summed E-state index contributed by atoms with van der Waals surface area (Å²) < 4.78 is 19.1. The van der Waals surface area contributed by atoms with Gasteiger partial charge in [-0.15, -0.1) is 0 Å². The van der Waals surface area contributed by atoms with Crippen LogP contribution in [0.5, 0.6) is 0 Å². The molecule has 1 aliphatic heterocycles. The molecule has 0 radical (unpaired) electrons. The Labute approximate surface area is 151 Å². The quantitative estimate of drug-likeness (QED) is 0.830. The van der Waals surface area contributed by atoms with Gasteiger partial charge in [0.2, 0.25) is 5.91 Å². The lowest BCUT2D eigenvalue weighted by Gasteiger charge is -2.19. The molecule has 26 heavy (non-hydrogen) atoms. The molecule has 2 amide bonds. The molecule has 1 heterocycles. The Morgan fingerprint density at radius 2 is 1.88 bits per heavy atom. The van der Waals surface area contributed by atoms with E-state index >= 15 is 0 Å². The van der Waals surface area contributed by atoms with E-state index in [4.69, 9.17) is 4.74 Å². The first kappa shape index (κ1) is 17.9. The number of amides is 2. The number of benzene rings is 2. The van der Waals surface area contributed by atoms with E-state index < -0.39 is 0 Å². The molecule has 3 rings (SSSR count). The van der Waals surface area contributed by atoms with Crippen molar-refractivity contribution in [2.45, 2.75) is 12.3 Å². The summed E-state index contributed by atoms with van der Waals surface area (Å²) in [5, 5.41) is 2.81. The smallest absolute Gasteiger partial charge is 0.409 e. The molecule has 136 valence electrons. The van der Waals surface area contributed by atoms with Crippen LogP contribution in [0.15, 0.2) is 54.6 Å². The number of nitrogens with one attached hydrogen (secondary N) is 1. The summed E-state index contributed by atoms with van der Waals surface area (Å²) in [5.74, 6) is -0.877. The van der Waals surface area contributed by atoms with Crippen LogP contribution in [0.3, 0.4) is 0 Å². The van der Waals surface area contributed by atoms with E-state index in [1.165, 1.54) is 6.07 Å². The van der Waals surface area contributed by atoms with Gasteiger partial charge in [0, 0.05) is 25.4 Å². The molecule has 0 aliphatic carbocycles. The molecular formula is C20H21FN2O3. The molecule has 2 aromatic carbocycles. The van der Waals surface area contributed by atoms with Crippen LogP contribution in [-0.2, 0) is 9.53 Å². The Hall–Kier alpha value is -2.89. The number of hydrogen-bond donors (Lipinski definition) is 1. The molecular weight excluding hydrogens is 335 g/mol. The fourth-order valence-corrected chi connectivity index (χ4v) is 3.07. The van der Waals surface area contributed by atoms with Crippen molar-refractivity contribution < 1.29 is 18.7 Å². The van der Waals surface area contributed by atoms with Crippen LogP contribution >= 0.6 is 0 Å². The van der Waals surface area contributed by atoms with E-state index in [9.17, 15) is 14.0 Å². The maximum atomic E-state index is 14.3. The van der Waals surface area contributed by atoms with E-state index in [0.717, 1.165) is 5.56 Å². The first-order valence-corrected chi connectivity index (χ1v) is 8.63. The van der Waals surface area contributed by atoms with Crippen molar-refractivity contribution in [2.75, 3.05) is 26.2 Å². The maximum absolute atomic E-state index is 14.3. The highest BCUT2D eigenvalue weighted by Gasteiger charge is 2.23. The molecule has 2 aromatic rings. The summed E-state index contributed by atoms with van der Waals surface area (Å²) in [6.07, 6.45) is -0.220. The summed E-state index contributed by atoms with van der Waals surface area (Å²) >= 11 is 0. The predicted molar refractivity (Wildman–Crippen MR) is 95.2 cm³/mol. The standard InChI is InChI=1S/C20H21FN2O3/c21-18-9-5-4-8-16(18)17(15-6-2-1-3-7-15)14-19(24)22-10-11-23-12-13-26-20(23)25/h1-9,17H,10-14H2,(H,22,24). The van der Waals surface area contributed by atoms with Gasteiger partial charge in [-0.25, -0.2) is 9.18 Å². The molecule has 1 saturated heterocycles. The molecule has 1 atom stereocenters. The largest absolute Gasteiger partial charge is 0.448 e. The van der Waals surface area contributed by atoms with Crippen molar-refractivity contribution in [2.24, 2.45) is 0 Å². The summed E-state index contributed by atoms with van der Waals surface area (Å²) in [7, 11) is 0. The highest BCUT2D eigenvalue weighted by molar-refractivity contribution is 5.77. The van der Waals surface area contributed by atoms with Gasteiger partial charge in [0.25, 0.3) is 0 Å². The van der Waals surface area contributed by atoms with Crippen molar-refractivity contribution in [1.29, 1.82) is 0 Å². The lowest BCUT2D eigenvalue weighted by atomic mass is 9.88. The zero-order valence-electron chi connectivity index (χ0n) is 14.4. The van der Waals surface area contributed by atoms with Gasteiger partial charge >= 0.3 is 6.09 Å². The normalized spacial score (nSPS) is 14.8. The molecule has 0 saturated carbocycles. The molecule has 0 aromatic heterocycles. The van der Waals surface area contributed by atoms with Crippen molar-refractivity contribution in [3.63, 3.8) is 0 Å². The Kier molecular flexibility index (Phi) is 5.84. The minimum atomic E-state index is -0.367. The number of halogens is 1. The van der Waals surface area contributed by atoms with Crippen LogP contribution in [-0.4, -0.2) is 43.1 Å². The van der Waals surface area contributed by atoms with Crippen LogP contribution in [0.4, 0.5) is 9.18 Å². The molecule has 1 aliphatic rings. The van der Waals surface area contributed by atoms with Crippen molar-refractivity contribution >= 4 is 12.0 Å². The lowest BCUT2D eigenvalue weighted by Crippen LogP contribution is -2.35. The molecule has 0 bridgehead atoms. The number of hydrogen-bond acceptors (Lipinski definition) is 3. The van der Waals surface area contributed by atoms with Crippen LogP contribution in [0.1, 0.15) is 23.5 Å². The zero-order valence-corrected chi connectivity index (χ0v) is 14.4. The molecule has 1 N–H and O–H groups in total. The third kappa shape index (κ3) is 4.39. The number of cyclic esters (lactones) is 1. The molecule has 6 heteroatoms. The fourth-order valence-electron chi connectivity index (χ4n) is 3.07. The van der Waals surface area contributed by atoms with Gasteiger partial charge in [-0.2, -0.15) is 0 Å². The van der Waals surface area contributed by atoms with Crippen molar-refractivity contribution in [1.82, 2.24) is 10.2 Å². The zero-order chi connectivity index (χ0) is 18.4. The van der Waals surface area contributed by atoms with Crippen LogP contribution < -0.4 is 5.32 Å². The van der Waals surface area contributed by atoms with E-state index in [1.807, 2.05) is 30.3 Å². The van der Waals surface area contributed by atoms with Crippen LogP contribution in [0, 0.1) is 5.82 Å². The number of carbonyl (C=O) groups excluding carboxylic acids is 2. The molecule has 0 spiro atoms. The number of carbonyl (C=O) groups is 2. The van der Waals surface area contributed by atoms with Crippen molar-refractivity contribution in [3.05, 3.63) is 71.5 Å². The summed E-state index contributed by atoms with van der Waals surface area (Å²) in [5.41, 5.74) is 1.38. The Morgan fingerprint density at radius 1 is 1.15 bits per heavy atom. The van der Waals surface area contributed by atoms with Gasteiger partial charge in [0.05, 0.1) is 6.54 Å². The van der Waals surface area contributed by atoms with Gasteiger partial charge in [0.1, 0.15) is 12.4 Å².